The summed E-state index contributed by atoms with van der Waals surface area (Å²) in [5, 5.41) is 8.40. The summed E-state index contributed by atoms with van der Waals surface area (Å²) in [4.78, 5) is 16.6. The van der Waals surface area contributed by atoms with E-state index in [2.05, 4.69) is 15.3 Å². The Morgan fingerprint density at radius 1 is 1.19 bits per heavy atom. The molecule has 31 heavy (non-hydrogen) atoms. The first-order valence-electron chi connectivity index (χ1n) is 10.3. The Bertz CT molecular complexity index is 1100. The maximum Gasteiger partial charge on any atom is 0.226 e. The first-order chi connectivity index (χ1) is 14.9. The van der Waals surface area contributed by atoms with Crippen LogP contribution in [0.1, 0.15) is 13.3 Å². The van der Waals surface area contributed by atoms with Gasteiger partial charge in [-0.1, -0.05) is 12.1 Å². The van der Waals surface area contributed by atoms with E-state index in [1.54, 1.807) is 14.3 Å². The SMILES string of the molecule is CCOc1ccccc1-n1nnn(CN2CCN(C(=O)[C@H]3CCS(=O)(=O)C3)CC2)c1=S. The van der Waals surface area contributed by atoms with Gasteiger partial charge in [0.25, 0.3) is 0 Å². The molecule has 2 saturated heterocycles. The van der Waals surface area contributed by atoms with E-state index < -0.39 is 15.8 Å². The van der Waals surface area contributed by atoms with Crippen LogP contribution in [0.25, 0.3) is 5.69 Å². The minimum absolute atomic E-state index is 0.0203. The van der Waals surface area contributed by atoms with Gasteiger partial charge >= 0.3 is 0 Å². The van der Waals surface area contributed by atoms with Crippen LogP contribution in [0.5, 0.6) is 5.75 Å². The van der Waals surface area contributed by atoms with Crippen molar-refractivity contribution in [1.29, 1.82) is 0 Å². The van der Waals surface area contributed by atoms with Crippen LogP contribution in [0.3, 0.4) is 0 Å². The topological polar surface area (TPSA) is 103 Å². The lowest BCUT2D eigenvalue weighted by atomic mass is 10.1. The van der Waals surface area contributed by atoms with Crippen LogP contribution >= 0.6 is 12.2 Å². The number of carbonyl (C=O) groups excluding carboxylic acids is 1. The quantitative estimate of drug-likeness (QED) is 0.574. The Labute approximate surface area is 186 Å². The minimum Gasteiger partial charge on any atom is -0.492 e. The molecule has 0 N–H and O–H groups in total. The van der Waals surface area contributed by atoms with E-state index >= 15 is 0 Å². The number of hydrogen-bond donors (Lipinski definition) is 0. The van der Waals surface area contributed by atoms with Crippen LogP contribution in [0.4, 0.5) is 0 Å². The van der Waals surface area contributed by atoms with E-state index in [-0.39, 0.29) is 17.4 Å². The highest BCUT2D eigenvalue weighted by Crippen LogP contribution is 2.23. The number of piperazine rings is 1. The molecule has 2 aliphatic rings. The first kappa shape index (κ1) is 21.9. The summed E-state index contributed by atoms with van der Waals surface area (Å²) in [6.07, 6.45) is 0.433. The second kappa shape index (κ2) is 9.05. The highest BCUT2D eigenvalue weighted by molar-refractivity contribution is 7.91. The van der Waals surface area contributed by atoms with Crippen molar-refractivity contribution in [2.24, 2.45) is 5.92 Å². The lowest BCUT2D eigenvalue weighted by Crippen LogP contribution is -2.50. The zero-order valence-corrected chi connectivity index (χ0v) is 19.0. The van der Waals surface area contributed by atoms with Crippen molar-refractivity contribution in [3.63, 3.8) is 0 Å². The molecule has 0 aliphatic carbocycles. The van der Waals surface area contributed by atoms with Crippen molar-refractivity contribution >= 4 is 28.0 Å². The molecule has 0 radical (unpaired) electrons. The third-order valence-electron chi connectivity index (χ3n) is 5.63. The van der Waals surface area contributed by atoms with E-state index in [0.717, 1.165) is 5.69 Å². The van der Waals surface area contributed by atoms with E-state index in [4.69, 9.17) is 17.0 Å². The number of rotatable bonds is 6. The Kier molecular flexibility index (Phi) is 6.39. The third-order valence-corrected chi connectivity index (χ3v) is 7.78. The molecule has 2 fully saturated rings. The van der Waals surface area contributed by atoms with Gasteiger partial charge in [0.05, 0.1) is 30.7 Å². The van der Waals surface area contributed by atoms with Gasteiger partial charge in [-0.15, -0.1) is 0 Å². The molecule has 1 atom stereocenters. The highest BCUT2D eigenvalue weighted by Gasteiger charge is 2.36. The smallest absolute Gasteiger partial charge is 0.226 e. The van der Waals surface area contributed by atoms with Crippen molar-refractivity contribution in [3.8, 4) is 11.4 Å². The summed E-state index contributed by atoms with van der Waals surface area (Å²) in [5.74, 6) is 0.345. The molecule has 0 saturated carbocycles. The van der Waals surface area contributed by atoms with Gasteiger partial charge in [0.15, 0.2) is 9.84 Å². The molecule has 2 aromatic rings. The minimum atomic E-state index is -3.06. The zero-order valence-electron chi connectivity index (χ0n) is 17.4. The maximum atomic E-state index is 12.6. The van der Waals surface area contributed by atoms with Crippen LogP contribution in [0.15, 0.2) is 24.3 Å². The van der Waals surface area contributed by atoms with Gasteiger partial charge in [-0.05, 0) is 48.1 Å². The average molecular weight is 467 g/mol. The molecule has 4 rings (SSSR count). The molecule has 3 heterocycles. The normalized spacial score (nSPS) is 21.3. The molecule has 0 unspecified atom stereocenters. The predicted octanol–water partition coefficient (Wildman–Crippen LogP) is 0.733. The molecule has 1 aromatic carbocycles. The number of sulfone groups is 1. The van der Waals surface area contributed by atoms with Crippen LogP contribution in [-0.4, -0.2) is 88.2 Å². The summed E-state index contributed by atoms with van der Waals surface area (Å²) >= 11 is 5.58. The summed E-state index contributed by atoms with van der Waals surface area (Å²) in [6, 6.07) is 7.54. The molecule has 168 valence electrons. The van der Waals surface area contributed by atoms with Gasteiger partial charge in [0.1, 0.15) is 11.4 Å². The van der Waals surface area contributed by atoms with E-state index in [1.807, 2.05) is 31.2 Å². The number of ether oxygens (including phenoxy) is 1. The second-order valence-electron chi connectivity index (χ2n) is 7.76. The van der Waals surface area contributed by atoms with E-state index in [1.165, 1.54) is 0 Å². The van der Waals surface area contributed by atoms with Crippen LogP contribution in [0.2, 0.25) is 0 Å². The molecule has 2 aliphatic heterocycles. The standard InChI is InChI=1S/C19H26N6O4S2/c1-2-29-17-6-4-3-5-16(17)25-19(30)24(20-21-25)14-22-8-10-23(11-9-22)18(26)15-7-12-31(27,28)13-15/h3-6,15H,2,7-14H2,1H3/t15-/m0/s1. The van der Waals surface area contributed by atoms with Gasteiger partial charge in [-0.3, -0.25) is 9.69 Å². The summed E-state index contributed by atoms with van der Waals surface area (Å²) in [6.45, 7) is 5.37. The Morgan fingerprint density at radius 3 is 2.61 bits per heavy atom. The molecule has 1 amide bonds. The Morgan fingerprint density at radius 2 is 1.94 bits per heavy atom. The van der Waals surface area contributed by atoms with Crippen LogP contribution in [-0.2, 0) is 21.3 Å². The molecule has 1 aromatic heterocycles. The molecular weight excluding hydrogens is 440 g/mol. The van der Waals surface area contributed by atoms with Crippen molar-refractivity contribution in [3.05, 3.63) is 29.0 Å². The fraction of sp³-hybridized carbons (Fsp3) is 0.579. The lowest BCUT2D eigenvalue weighted by molar-refractivity contribution is -0.136. The highest BCUT2D eigenvalue weighted by atomic mass is 32.2. The Hall–Kier alpha value is -2.31. The monoisotopic (exact) mass is 466 g/mol. The second-order valence-corrected chi connectivity index (χ2v) is 10.4. The van der Waals surface area contributed by atoms with Gasteiger partial charge in [0, 0.05) is 26.2 Å². The van der Waals surface area contributed by atoms with E-state index in [0.29, 0.717) is 56.4 Å². The number of tetrazole rings is 1. The fourth-order valence-corrected chi connectivity index (χ4v) is 5.93. The maximum absolute atomic E-state index is 12.6. The lowest BCUT2D eigenvalue weighted by Gasteiger charge is -2.35. The number of aromatic nitrogens is 4. The molecule has 10 nitrogen and oxygen atoms in total. The van der Waals surface area contributed by atoms with E-state index in [9.17, 15) is 13.2 Å². The van der Waals surface area contributed by atoms with Crippen molar-refractivity contribution < 1.29 is 17.9 Å². The number of hydrogen-bond acceptors (Lipinski definition) is 8. The predicted molar refractivity (Wildman–Crippen MR) is 116 cm³/mol. The van der Waals surface area contributed by atoms with Gasteiger partial charge < -0.3 is 9.64 Å². The number of benzene rings is 1. The van der Waals surface area contributed by atoms with Gasteiger partial charge in [0.2, 0.25) is 10.7 Å². The van der Waals surface area contributed by atoms with Crippen LogP contribution in [0, 0.1) is 10.7 Å². The molecular formula is C19H26N6O4S2. The molecule has 0 bridgehead atoms. The zero-order chi connectivity index (χ0) is 22.0. The van der Waals surface area contributed by atoms with Gasteiger partial charge in [-0.2, -0.15) is 4.68 Å². The number of nitrogens with zero attached hydrogens (tertiary/aromatic N) is 6. The fourth-order valence-electron chi connectivity index (χ4n) is 3.97. The molecule has 0 spiro atoms. The van der Waals surface area contributed by atoms with Crippen molar-refractivity contribution in [2.45, 2.75) is 20.0 Å². The Balaban J connectivity index is 1.38. The number of amides is 1. The van der Waals surface area contributed by atoms with Crippen LogP contribution < -0.4 is 4.74 Å². The van der Waals surface area contributed by atoms with Gasteiger partial charge in [-0.25, -0.2) is 13.1 Å². The largest absolute Gasteiger partial charge is 0.492 e. The first-order valence-corrected chi connectivity index (χ1v) is 12.6. The average Bonchev–Trinajstić information content (AvgIpc) is 3.31. The number of carbonyl (C=O) groups is 1. The number of para-hydroxylation sites is 2. The molecule has 12 heteroatoms. The van der Waals surface area contributed by atoms with Crippen molar-refractivity contribution in [1.82, 2.24) is 29.6 Å². The summed E-state index contributed by atoms with van der Waals surface area (Å²) < 4.78 is 32.7. The summed E-state index contributed by atoms with van der Waals surface area (Å²) in [5.41, 5.74) is 0.738. The summed E-state index contributed by atoms with van der Waals surface area (Å²) in [7, 11) is -3.06. The van der Waals surface area contributed by atoms with Crippen molar-refractivity contribution in [2.75, 3.05) is 44.3 Å². The third kappa shape index (κ3) is 4.80.